The van der Waals surface area contributed by atoms with Gasteiger partial charge in [-0.3, -0.25) is 9.78 Å². The fourth-order valence-corrected chi connectivity index (χ4v) is 5.43. The number of aromatic nitrogens is 1. The van der Waals surface area contributed by atoms with Crippen molar-refractivity contribution in [2.75, 3.05) is 19.7 Å². The average Bonchev–Trinajstić information content (AvgIpc) is 3.29. The van der Waals surface area contributed by atoms with Crippen LogP contribution in [0.4, 0.5) is 4.79 Å². The van der Waals surface area contributed by atoms with Crippen molar-refractivity contribution in [3.63, 3.8) is 0 Å². The van der Waals surface area contributed by atoms with Crippen LogP contribution in [0.5, 0.6) is 0 Å². The highest BCUT2D eigenvalue weighted by Gasteiger charge is 2.54. The summed E-state index contributed by atoms with van der Waals surface area (Å²) >= 11 is 0. The van der Waals surface area contributed by atoms with Crippen LogP contribution in [-0.2, 0) is 4.79 Å². The molecule has 162 valence electrons. The average molecular weight is 421 g/mol. The number of carbonyl (C=O) groups is 2. The van der Waals surface area contributed by atoms with Gasteiger partial charge in [-0.25, -0.2) is 4.79 Å². The van der Waals surface area contributed by atoms with E-state index < -0.39 is 0 Å². The number of fused-ring (bicyclic) bond motifs is 1. The van der Waals surface area contributed by atoms with Gasteiger partial charge in [0, 0.05) is 30.9 Å². The molecule has 1 aliphatic carbocycles. The molecule has 0 radical (unpaired) electrons. The van der Waals surface area contributed by atoms with Gasteiger partial charge in [0.2, 0.25) is 5.91 Å². The van der Waals surface area contributed by atoms with Crippen LogP contribution in [0.2, 0.25) is 0 Å². The van der Waals surface area contributed by atoms with Gasteiger partial charge in [-0.2, -0.15) is 0 Å². The molecule has 1 aromatic carbocycles. The lowest BCUT2D eigenvalue weighted by Crippen LogP contribution is -2.74. The van der Waals surface area contributed by atoms with E-state index in [-0.39, 0.29) is 49.1 Å². The van der Waals surface area contributed by atoms with Crippen LogP contribution in [0.1, 0.15) is 37.2 Å². The molecule has 1 saturated carbocycles. The Morgan fingerprint density at radius 3 is 2.42 bits per heavy atom. The highest BCUT2D eigenvalue weighted by molar-refractivity contribution is 5.87. The van der Waals surface area contributed by atoms with Crippen molar-refractivity contribution in [3.8, 4) is 11.1 Å². The first-order valence-corrected chi connectivity index (χ1v) is 11.1. The molecule has 3 amide bonds. The molecule has 3 atom stereocenters. The maximum Gasteiger partial charge on any atom is 0.318 e. The van der Waals surface area contributed by atoms with Crippen molar-refractivity contribution in [1.29, 1.82) is 0 Å². The SMILES string of the molecule is O=C(NC1CCCC1)N1CC(=O)N2[C@H](CO)[C@H](c3ccc(-c4ccncc4)cc3)[C@@H]2C1. The topological polar surface area (TPSA) is 85.8 Å². The zero-order valence-corrected chi connectivity index (χ0v) is 17.5. The van der Waals surface area contributed by atoms with Gasteiger partial charge in [-0.1, -0.05) is 37.1 Å². The Balaban J connectivity index is 1.33. The van der Waals surface area contributed by atoms with Crippen molar-refractivity contribution in [3.05, 3.63) is 54.4 Å². The molecule has 7 heteroatoms. The Kier molecular flexibility index (Phi) is 5.36. The van der Waals surface area contributed by atoms with Gasteiger partial charge >= 0.3 is 6.03 Å². The first-order chi connectivity index (χ1) is 15.2. The Morgan fingerprint density at radius 2 is 1.74 bits per heavy atom. The zero-order valence-electron chi connectivity index (χ0n) is 17.5. The lowest BCUT2D eigenvalue weighted by Gasteiger charge is -2.58. The molecule has 3 fully saturated rings. The molecule has 0 spiro atoms. The molecule has 1 aromatic heterocycles. The first-order valence-electron chi connectivity index (χ1n) is 11.1. The maximum absolute atomic E-state index is 12.8. The number of pyridine rings is 1. The van der Waals surface area contributed by atoms with Crippen LogP contribution in [0.3, 0.4) is 0 Å². The summed E-state index contributed by atoms with van der Waals surface area (Å²) in [7, 11) is 0. The second-order valence-electron chi connectivity index (χ2n) is 8.81. The van der Waals surface area contributed by atoms with Gasteiger partial charge < -0.3 is 20.2 Å². The van der Waals surface area contributed by atoms with Gasteiger partial charge in [0.25, 0.3) is 0 Å². The predicted molar refractivity (Wildman–Crippen MR) is 116 cm³/mol. The molecule has 5 rings (SSSR count). The number of hydrogen-bond donors (Lipinski definition) is 2. The number of aliphatic hydroxyl groups excluding tert-OH is 1. The van der Waals surface area contributed by atoms with Crippen molar-refractivity contribution < 1.29 is 14.7 Å². The summed E-state index contributed by atoms with van der Waals surface area (Å²) < 4.78 is 0. The number of benzene rings is 1. The zero-order chi connectivity index (χ0) is 21.4. The van der Waals surface area contributed by atoms with Gasteiger partial charge in [0.05, 0.1) is 18.7 Å². The molecule has 31 heavy (non-hydrogen) atoms. The monoisotopic (exact) mass is 420 g/mol. The van der Waals surface area contributed by atoms with Gasteiger partial charge in [0.1, 0.15) is 6.54 Å². The summed E-state index contributed by atoms with van der Waals surface area (Å²) in [5, 5.41) is 13.1. The summed E-state index contributed by atoms with van der Waals surface area (Å²) in [5.41, 5.74) is 3.28. The van der Waals surface area contributed by atoms with Crippen molar-refractivity contribution >= 4 is 11.9 Å². The quantitative estimate of drug-likeness (QED) is 0.795. The molecule has 2 aromatic rings. The minimum absolute atomic E-state index is 0.0162. The molecule has 2 saturated heterocycles. The van der Waals surface area contributed by atoms with Gasteiger partial charge in [0.15, 0.2) is 0 Å². The molecule has 3 heterocycles. The smallest absolute Gasteiger partial charge is 0.318 e. The number of urea groups is 1. The van der Waals surface area contributed by atoms with Crippen LogP contribution in [0.25, 0.3) is 11.1 Å². The van der Waals surface area contributed by atoms with E-state index >= 15 is 0 Å². The van der Waals surface area contributed by atoms with Crippen LogP contribution < -0.4 is 5.32 Å². The van der Waals surface area contributed by atoms with Crippen LogP contribution in [0, 0.1) is 0 Å². The minimum Gasteiger partial charge on any atom is -0.394 e. The Morgan fingerprint density at radius 1 is 1.06 bits per heavy atom. The lowest BCUT2D eigenvalue weighted by atomic mass is 9.73. The number of nitrogens with zero attached hydrogens (tertiary/aromatic N) is 3. The summed E-state index contributed by atoms with van der Waals surface area (Å²) in [4.78, 5) is 33.0. The molecular weight excluding hydrogens is 392 g/mol. The fraction of sp³-hybridized carbons (Fsp3) is 0.458. The Bertz CT molecular complexity index is 943. The third kappa shape index (κ3) is 3.67. The van der Waals surface area contributed by atoms with Crippen LogP contribution in [-0.4, -0.2) is 69.7 Å². The number of amides is 3. The van der Waals surface area contributed by atoms with E-state index in [1.807, 2.05) is 12.1 Å². The largest absolute Gasteiger partial charge is 0.394 e. The molecule has 2 N–H and O–H groups in total. The number of rotatable bonds is 4. The molecule has 7 nitrogen and oxygen atoms in total. The summed E-state index contributed by atoms with van der Waals surface area (Å²) in [6.45, 7) is 0.504. The molecule has 3 aliphatic rings. The predicted octanol–water partition coefficient (Wildman–Crippen LogP) is 2.37. The fourth-order valence-electron chi connectivity index (χ4n) is 5.43. The highest BCUT2D eigenvalue weighted by Crippen LogP contribution is 2.43. The first kappa shape index (κ1) is 20.0. The molecule has 0 unspecified atom stereocenters. The minimum atomic E-state index is -0.232. The maximum atomic E-state index is 12.8. The Hall–Kier alpha value is -2.93. The number of piperazine rings is 1. The third-order valence-corrected chi connectivity index (χ3v) is 7.03. The van der Waals surface area contributed by atoms with E-state index in [4.69, 9.17) is 0 Å². The van der Waals surface area contributed by atoms with E-state index in [1.54, 1.807) is 22.2 Å². The van der Waals surface area contributed by atoms with Gasteiger partial charge in [-0.05, 0) is 41.7 Å². The van der Waals surface area contributed by atoms with E-state index in [9.17, 15) is 14.7 Å². The van der Waals surface area contributed by atoms with Crippen LogP contribution in [0.15, 0.2) is 48.8 Å². The van der Waals surface area contributed by atoms with E-state index in [0.29, 0.717) is 6.54 Å². The standard InChI is InChI=1S/C24H28N4O3/c29-15-21-23(18-7-5-16(6-8-18)17-9-11-25-12-10-17)20-13-27(14-22(30)28(20)21)24(31)26-19-3-1-2-4-19/h5-12,19-21,23,29H,1-4,13-15H2,(H,26,31)/t20-,21+,23+/m0/s1. The van der Waals surface area contributed by atoms with E-state index in [1.165, 1.54) is 0 Å². The number of hydrogen-bond acceptors (Lipinski definition) is 4. The summed E-state index contributed by atoms with van der Waals surface area (Å²) in [5.74, 6) is -0.0657. The number of nitrogens with one attached hydrogen (secondary N) is 1. The van der Waals surface area contributed by atoms with Crippen molar-refractivity contribution in [2.45, 2.75) is 49.7 Å². The summed E-state index contributed by atoms with van der Waals surface area (Å²) in [6.07, 6.45) is 7.87. The van der Waals surface area contributed by atoms with Crippen LogP contribution >= 0.6 is 0 Å². The van der Waals surface area contributed by atoms with E-state index in [0.717, 1.165) is 42.4 Å². The van der Waals surface area contributed by atoms with Crippen molar-refractivity contribution in [2.24, 2.45) is 0 Å². The summed E-state index contributed by atoms with van der Waals surface area (Å²) in [6, 6.07) is 12.0. The van der Waals surface area contributed by atoms with Gasteiger partial charge in [-0.15, -0.1) is 0 Å². The number of aliphatic hydroxyl groups is 1. The Labute approximate surface area is 182 Å². The molecular formula is C24H28N4O3. The number of carbonyl (C=O) groups excluding carboxylic acids is 2. The molecule has 0 bridgehead atoms. The van der Waals surface area contributed by atoms with Crippen molar-refractivity contribution in [1.82, 2.24) is 20.1 Å². The highest BCUT2D eigenvalue weighted by atomic mass is 16.3. The third-order valence-electron chi connectivity index (χ3n) is 7.03. The molecule has 2 aliphatic heterocycles. The second kappa shape index (κ2) is 8.30. The lowest BCUT2D eigenvalue weighted by molar-refractivity contribution is -0.159. The van der Waals surface area contributed by atoms with E-state index in [2.05, 4.69) is 34.6 Å². The second-order valence-corrected chi connectivity index (χ2v) is 8.81. The normalized spacial score (nSPS) is 25.8.